The molecular weight excluding hydrogens is 192 g/mol. The first-order valence-electron chi connectivity index (χ1n) is 2.00. The zero-order valence-corrected chi connectivity index (χ0v) is 6.27. The second-order valence-corrected chi connectivity index (χ2v) is 2.22. The van der Waals surface area contributed by atoms with Gasteiger partial charge in [-0.25, -0.2) is 0 Å². The summed E-state index contributed by atoms with van der Waals surface area (Å²) in [6.07, 6.45) is 2.74. The predicted molar refractivity (Wildman–Crippen MR) is 26.2 cm³/mol. The summed E-state index contributed by atoms with van der Waals surface area (Å²) >= 11 is 2.15. The van der Waals surface area contributed by atoms with Gasteiger partial charge in [-0.3, -0.25) is 0 Å². The minimum Gasteiger partial charge on any atom is 0 e. The van der Waals surface area contributed by atoms with Crippen LogP contribution in [0.5, 0.6) is 0 Å². The first-order chi connectivity index (χ1) is 2.41. The smallest absolute Gasteiger partial charge is 0 e. The van der Waals surface area contributed by atoms with Gasteiger partial charge in [0.25, 0.3) is 0 Å². The summed E-state index contributed by atoms with van der Waals surface area (Å²) < 4.78 is 1.35. The van der Waals surface area contributed by atoms with Crippen molar-refractivity contribution in [2.45, 2.75) is 24.2 Å². The molecule has 0 spiro atoms. The molecule has 0 unspecified atom stereocenters. The molecule has 0 N–H and O–H groups in total. The van der Waals surface area contributed by atoms with E-state index in [0.29, 0.717) is 0 Å². The molecule has 6 heavy (non-hydrogen) atoms. The van der Waals surface area contributed by atoms with Crippen LogP contribution in [0.3, 0.4) is 0 Å². The molecule has 1 nitrogen and oxygen atoms in total. The number of unbranched alkanes of at least 4 members (excludes halogenated alkanes) is 1. The molecule has 0 aromatic carbocycles. The van der Waals surface area contributed by atoms with Crippen LogP contribution in [0.2, 0.25) is 4.47 Å². The molecule has 2 heteroatoms. The normalized spacial score (nSPS) is 7.00. The van der Waals surface area contributed by atoms with E-state index >= 15 is 0 Å². The summed E-state index contributed by atoms with van der Waals surface area (Å²) in [6, 6.07) is 0. The molecule has 0 aliphatic rings. The van der Waals surface area contributed by atoms with E-state index in [1.165, 1.54) is 17.3 Å². The molecule has 0 fully saturated rings. The maximum Gasteiger partial charge on any atom is 0 e. The van der Waals surface area contributed by atoms with Crippen molar-refractivity contribution in [3.63, 3.8) is 0 Å². The largest absolute Gasteiger partial charge is 0 e. The summed E-state index contributed by atoms with van der Waals surface area (Å²) in [5.41, 5.74) is 0. The predicted octanol–water partition coefficient (Wildman–Crippen LogP) is 1.25. The average molecular weight is 201 g/mol. The van der Waals surface area contributed by atoms with Crippen molar-refractivity contribution >= 4 is 22.3 Å². The van der Waals surface area contributed by atoms with Crippen LogP contribution in [0.15, 0.2) is 0 Å². The molecule has 0 amide bonds. The molecule has 3 radical (unpaired) electrons. The van der Waals surface area contributed by atoms with E-state index in [0.717, 1.165) is 0 Å². The van der Waals surface area contributed by atoms with E-state index in [4.69, 9.17) is 0 Å². The van der Waals surface area contributed by atoms with Crippen LogP contribution >= 0.6 is 0 Å². The zero-order valence-electron chi connectivity index (χ0n) is 3.94. The molecule has 0 atom stereocenters. The van der Waals surface area contributed by atoms with Crippen LogP contribution in [0, 0.1) is 0 Å². The third-order valence-corrected chi connectivity index (χ3v) is 1.32. The molecular formula is C4H9OTe. The van der Waals surface area contributed by atoms with E-state index in [2.05, 4.69) is 29.2 Å². The quantitative estimate of drug-likeness (QED) is 0.601. The van der Waals surface area contributed by atoms with Crippen LogP contribution in [-0.2, 0) is 5.48 Å². The summed E-state index contributed by atoms with van der Waals surface area (Å²) in [5.74, 6) is 0. The van der Waals surface area contributed by atoms with Crippen molar-refractivity contribution in [3.8, 4) is 0 Å². The number of hydrogen-bond acceptors (Lipinski definition) is 0. The van der Waals surface area contributed by atoms with Gasteiger partial charge in [0.15, 0.2) is 0 Å². The van der Waals surface area contributed by atoms with Crippen LogP contribution in [0.25, 0.3) is 0 Å². The third-order valence-electron chi connectivity index (χ3n) is 0.498. The third kappa shape index (κ3) is 8.83. The molecule has 0 saturated heterocycles. The Bertz CT molecular complexity index is 15.0. The van der Waals surface area contributed by atoms with Gasteiger partial charge in [-0.15, -0.1) is 0 Å². The molecule has 0 rings (SSSR count). The van der Waals surface area contributed by atoms with Gasteiger partial charge < -0.3 is 0 Å². The van der Waals surface area contributed by atoms with Gasteiger partial charge in [-0.1, -0.05) is 0 Å². The minimum atomic E-state index is 0. The Kier molecular flexibility index (Phi) is 15.2. The molecule has 0 aliphatic carbocycles. The second-order valence-electron chi connectivity index (χ2n) is 1.06. The Morgan fingerprint density at radius 2 is 2.00 bits per heavy atom. The van der Waals surface area contributed by atoms with Crippen molar-refractivity contribution in [2.24, 2.45) is 0 Å². The zero-order chi connectivity index (χ0) is 4.12. The summed E-state index contributed by atoms with van der Waals surface area (Å²) in [4.78, 5) is 0. The van der Waals surface area contributed by atoms with Gasteiger partial charge >= 0.3 is 46.5 Å². The number of hydrogen-bond donors (Lipinski definition) is 0. The monoisotopic (exact) mass is 203 g/mol. The van der Waals surface area contributed by atoms with Gasteiger partial charge in [-0.05, 0) is 0 Å². The van der Waals surface area contributed by atoms with Crippen LogP contribution in [0.1, 0.15) is 19.8 Å². The van der Waals surface area contributed by atoms with Gasteiger partial charge in [0.1, 0.15) is 0 Å². The van der Waals surface area contributed by atoms with Crippen LogP contribution in [-0.4, -0.2) is 22.3 Å². The Hall–Kier alpha value is 0.750. The molecule has 0 heterocycles. The Morgan fingerprint density at radius 3 is 2.00 bits per heavy atom. The maximum absolute atomic E-state index is 2.21. The van der Waals surface area contributed by atoms with E-state index < -0.39 is 0 Å². The van der Waals surface area contributed by atoms with E-state index in [1.54, 1.807) is 0 Å². The van der Waals surface area contributed by atoms with Crippen molar-refractivity contribution < 1.29 is 5.48 Å². The van der Waals surface area contributed by atoms with E-state index in [1.807, 2.05) is 0 Å². The van der Waals surface area contributed by atoms with E-state index in [-0.39, 0.29) is 5.48 Å². The summed E-state index contributed by atoms with van der Waals surface area (Å²) in [6.45, 7) is 2.21. The fraction of sp³-hybridized carbons (Fsp3) is 1.00. The molecule has 0 saturated carbocycles. The van der Waals surface area contributed by atoms with Crippen molar-refractivity contribution in [3.05, 3.63) is 0 Å². The molecule has 0 aliphatic heterocycles. The van der Waals surface area contributed by atoms with Crippen molar-refractivity contribution in [2.75, 3.05) is 0 Å². The van der Waals surface area contributed by atoms with Gasteiger partial charge in [0, 0.05) is 5.48 Å². The molecule has 0 aromatic heterocycles. The van der Waals surface area contributed by atoms with Crippen LogP contribution in [0.4, 0.5) is 0 Å². The second kappa shape index (κ2) is 9.23. The van der Waals surface area contributed by atoms with Crippen molar-refractivity contribution in [1.29, 1.82) is 0 Å². The first-order valence-corrected chi connectivity index (χ1v) is 3.64. The van der Waals surface area contributed by atoms with Gasteiger partial charge in [0.05, 0.1) is 0 Å². The Labute approximate surface area is 52.3 Å². The average Bonchev–Trinajstić information content (AvgIpc) is 1.41. The van der Waals surface area contributed by atoms with Crippen molar-refractivity contribution in [1.82, 2.24) is 0 Å². The fourth-order valence-corrected chi connectivity index (χ4v) is 0.968. The fourth-order valence-electron chi connectivity index (χ4n) is 0.144. The molecule has 37 valence electrons. The molecule has 0 bridgehead atoms. The Morgan fingerprint density at radius 1 is 1.50 bits per heavy atom. The van der Waals surface area contributed by atoms with E-state index in [9.17, 15) is 0 Å². The van der Waals surface area contributed by atoms with Gasteiger partial charge in [-0.2, -0.15) is 0 Å². The van der Waals surface area contributed by atoms with Gasteiger partial charge in [0.2, 0.25) is 0 Å². The SMILES string of the molecule is CCCC[Te].[O]. The summed E-state index contributed by atoms with van der Waals surface area (Å²) in [7, 11) is 0. The summed E-state index contributed by atoms with van der Waals surface area (Å²) in [5, 5.41) is 0. The first kappa shape index (κ1) is 9.89. The standard InChI is InChI=1S/C4H9Te.O/c1-2-3-4-5;/h2-4H2,1H3;. The maximum atomic E-state index is 2.21. The topological polar surface area (TPSA) is 28.5 Å². The number of rotatable bonds is 2. The Balaban J connectivity index is 0. The van der Waals surface area contributed by atoms with Crippen LogP contribution < -0.4 is 0 Å². The minimum absolute atomic E-state index is 0. The molecule has 0 aromatic rings.